The SMILES string of the molecule is C1CC(C2(C3CC3)CCC2)C1. The summed E-state index contributed by atoms with van der Waals surface area (Å²) in [6, 6.07) is 0. The van der Waals surface area contributed by atoms with Gasteiger partial charge in [0.1, 0.15) is 0 Å². The monoisotopic (exact) mass is 150 g/mol. The van der Waals surface area contributed by atoms with Crippen LogP contribution in [0.4, 0.5) is 0 Å². The summed E-state index contributed by atoms with van der Waals surface area (Å²) in [6.45, 7) is 0. The molecule has 0 aromatic heterocycles. The zero-order valence-corrected chi connectivity index (χ0v) is 7.31. The standard InChI is InChI=1S/C11H18/c1-3-9(4-1)11(7-2-8-11)10-5-6-10/h9-10H,1-8H2. The summed E-state index contributed by atoms with van der Waals surface area (Å²) >= 11 is 0. The van der Waals surface area contributed by atoms with Crippen molar-refractivity contribution in [2.24, 2.45) is 17.3 Å². The zero-order valence-electron chi connectivity index (χ0n) is 7.31. The van der Waals surface area contributed by atoms with E-state index in [1.807, 2.05) is 0 Å². The predicted octanol–water partition coefficient (Wildman–Crippen LogP) is 3.37. The summed E-state index contributed by atoms with van der Waals surface area (Å²) in [5.41, 5.74) is 0.929. The van der Waals surface area contributed by atoms with E-state index < -0.39 is 0 Å². The lowest BCUT2D eigenvalue weighted by Crippen LogP contribution is -2.42. The third-order valence-corrected chi connectivity index (χ3v) is 4.59. The van der Waals surface area contributed by atoms with E-state index in [0.29, 0.717) is 0 Å². The molecule has 3 aliphatic carbocycles. The summed E-state index contributed by atoms with van der Waals surface area (Å²) in [5.74, 6) is 2.38. The topological polar surface area (TPSA) is 0 Å². The number of rotatable bonds is 2. The second-order valence-electron chi connectivity index (χ2n) is 4.99. The highest BCUT2D eigenvalue weighted by molar-refractivity contribution is 5.04. The van der Waals surface area contributed by atoms with Crippen molar-refractivity contribution in [1.29, 1.82) is 0 Å². The lowest BCUT2D eigenvalue weighted by atomic mass is 9.53. The second-order valence-corrected chi connectivity index (χ2v) is 4.99. The lowest BCUT2D eigenvalue weighted by molar-refractivity contribution is -0.0198. The van der Waals surface area contributed by atoms with Crippen molar-refractivity contribution in [2.75, 3.05) is 0 Å². The van der Waals surface area contributed by atoms with E-state index in [2.05, 4.69) is 0 Å². The van der Waals surface area contributed by atoms with Gasteiger partial charge < -0.3 is 0 Å². The molecule has 11 heavy (non-hydrogen) atoms. The Morgan fingerprint density at radius 3 is 1.64 bits per heavy atom. The first-order valence-corrected chi connectivity index (χ1v) is 5.42. The molecular formula is C11H18. The van der Waals surface area contributed by atoms with Crippen LogP contribution in [-0.2, 0) is 0 Å². The van der Waals surface area contributed by atoms with Crippen molar-refractivity contribution in [3.05, 3.63) is 0 Å². The van der Waals surface area contributed by atoms with E-state index in [1.54, 1.807) is 51.4 Å². The van der Waals surface area contributed by atoms with Crippen molar-refractivity contribution in [3.63, 3.8) is 0 Å². The molecule has 0 radical (unpaired) electrons. The van der Waals surface area contributed by atoms with Crippen LogP contribution in [0.2, 0.25) is 0 Å². The van der Waals surface area contributed by atoms with Gasteiger partial charge in [-0.15, -0.1) is 0 Å². The molecule has 62 valence electrons. The quantitative estimate of drug-likeness (QED) is 0.566. The van der Waals surface area contributed by atoms with Crippen LogP contribution in [0.1, 0.15) is 51.4 Å². The summed E-state index contributed by atoms with van der Waals surface area (Å²) in [7, 11) is 0. The predicted molar refractivity (Wildman–Crippen MR) is 46.3 cm³/mol. The van der Waals surface area contributed by atoms with Crippen LogP contribution in [-0.4, -0.2) is 0 Å². The molecule has 3 aliphatic rings. The molecular weight excluding hydrogens is 132 g/mol. The second kappa shape index (κ2) is 2.02. The van der Waals surface area contributed by atoms with Crippen LogP contribution in [0.3, 0.4) is 0 Å². The third-order valence-electron chi connectivity index (χ3n) is 4.59. The largest absolute Gasteiger partial charge is 0.0527 e. The molecule has 0 aliphatic heterocycles. The first-order valence-electron chi connectivity index (χ1n) is 5.42. The van der Waals surface area contributed by atoms with Gasteiger partial charge >= 0.3 is 0 Å². The van der Waals surface area contributed by atoms with Gasteiger partial charge in [0.15, 0.2) is 0 Å². The molecule has 0 nitrogen and oxygen atoms in total. The zero-order chi connectivity index (χ0) is 7.31. The molecule has 0 heteroatoms. The normalized spacial score (nSPS) is 36.0. The van der Waals surface area contributed by atoms with Crippen molar-refractivity contribution in [2.45, 2.75) is 51.4 Å². The van der Waals surface area contributed by atoms with E-state index in [0.717, 1.165) is 5.41 Å². The molecule has 3 rings (SSSR count). The highest BCUT2D eigenvalue weighted by atomic mass is 14.6. The number of hydrogen-bond acceptors (Lipinski definition) is 0. The Morgan fingerprint density at radius 2 is 1.36 bits per heavy atom. The molecule has 0 spiro atoms. The van der Waals surface area contributed by atoms with Crippen molar-refractivity contribution >= 4 is 0 Å². The Balaban J connectivity index is 1.76. The lowest BCUT2D eigenvalue weighted by Gasteiger charge is -2.52. The number of hydrogen-bond donors (Lipinski definition) is 0. The van der Waals surface area contributed by atoms with E-state index >= 15 is 0 Å². The highest BCUT2D eigenvalue weighted by Gasteiger charge is 2.54. The van der Waals surface area contributed by atoms with Crippen LogP contribution in [0.25, 0.3) is 0 Å². The third kappa shape index (κ3) is 0.761. The maximum atomic E-state index is 1.60. The Bertz CT molecular complexity index is 159. The van der Waals surface area contributed by atoms with E-state index in [4.69, 9.17) is 0 Å². The fourth-order valence-electron chi connectivity index (χ4n) is 3.38. The summed E-state index contributed by atoms with van der Waals surface area (Å²) in [5, 5.41) is 0. The molecule has 0 N–H and O–H groups in total. The Hall–Kier alpha value is 0. The fraction of sp³-hybridized carbons (Fsp3) is 1.00. The fourth-order valence-corrected chi connectivity index (χ4v) is 3.38. The summed E-state index contributed by atoms with van der Waals surface area (Å²) in [4.78, 5) is 0. The van der Waals surface area contributed by atoms with Gasteiger partial charge in [-0.05, 0) is 55.8 Å². The van der Waals surface area contributed by atoms with E-state index in [-0.39, 0.29) is 0 Å². The minimum absolute atomic E-state index is 0.929. The van der Waals surface area contributed by atoms with Crippen molar-refractivity contribution in [3.8, 4) is 0 Å². The van der Waals surface area contributed by atoms with Gasteiger partial charge in [0.25, 0.3) is 0 Å². The van der Waals surface area contributed by atoms with E-state index in [1.165, 1.54) is 11.8 Å². The van der Waals surface area contributed by atoms with Gasteiger partial charge in [-0.25, -0.2) is 0 Å². The Morgan fingerprint density at radius 1 is 0.727 bits per heavy atom. The minimum atomic E-state index is 0.929. The molecule has 0 heterocycles. The first-order chi connectivity index (χ1) is 5.42. The molecule has 0 aromatic rings. The smallest absolute Gasteiger partial charge is 0.0241 e. The Labute approximate surface area is 69.4 Å². The maximum Gasteiger partial charge on any atom is -0.0241 e. The van der Waals surface area contributed by atoms with Crippen molar-refractivity contribution < 1.29 is 0 Å². The molecule has 3 fully saturated rings. The maximum absolute atomic E-state index is 1.60. The average molecular weight is 150 g/mol. The summed E-state index contributed by atoms with van der Waals surface area (Å²) < 4.78 is 0. The van der Waals surface area contributed by atoms with Crippen molar-refractivity contribution in [1.82, 2.24) is 0 Å². The first kappa shape index (κ1) is 6.51. The average Bonchev–Trinajstić information content (AvgIpc) is 2.53. The van der Waals surface area contributed by atoms with Gasteiger partial charge in [-0.2, -0.15) is 0 Å². The van der Waals surface area contributed by atoms with Crippen LogP contribution in [0.5, 0.6) is 0 Å². The van der Waals surface area contributed by atoms with Crippen LogP contribution in [0, 0.1) is 17.3 Å². The van der Waals surface area contributed by atoms with Gasteiger partial charge in [0.2, 0.25) is 0 Å². The molecule has 0 atom stereocenters. The van der Waals surface area contributed by atoms with Crippen LogP contribution < -0.4 is 0 Å². The van der Waals surface area contributed by atoms with Crippen LogP contribution >= 0.6 is 0 Å². The van der Waals surface area contributed by atoms with Gasteiger partial charge in [-0.1, -0.05) is 12.8 Å². The van der Waals surface area contributed by atoms with Gasteiger partial charge in [0.05, 0.1) is 0 Å². The molecule has 0 saturated heterocycles. The van der Waals surface area contributed by atoms with Gasteiger partial charge in [-0.3, -0.25) is 0 Å². The molecule has 0 aromatic carbocycles. The minimum Gasteiger partial charge on any atom is -0.0527 e. The molecule has 0 bridgehead atoms. The summed E-state index contributed by atoms with van der Waals surface area (Å²) in [6.07, 6.45) is 12.6. The van der Waals surface area contributed by atoms with E-state index in [9.17, 15) is 0 Å². The van der Waals surface area contributed by atoms with Gasteiger partial charge in [0, 0.05) is 0 Å². The molecule has 0 unspecified atom stereocenters. The highest BCUT2D eigenvalue weighted by Crippen LogP contribution is 2.64. The van der Waals surface area contributed by atoms with Crippen LogP contribution in [0.15, 0.2) is 0 Å². The molecule has 0 amide bonds. The Kier molecular flexibility index (Phi) is 1.20. The molecule has 3 saturated carbocycles.